The fourth-order valence-corrected chi connectivity index (χ4v) is 4.09. The summed E-state index contributed by atoms with van der Waals surface area (Å²) in [6.07, 6.45) is 5.51. The van der Waals surface area contributed by atoms with Crippen LogP contribution < -0.4 is 11.1 Å². The fourth-order valence-electron chi connectivity index (χ4n) is 2.85. The highest BCUT2D eigenvalue weighted by atomic mass is 32.1. The van der Waals surface area contributed by atoms with E-state index in [0.29, 0.717) is 22.8 Å². The summed E-state index contributed by atoms with van der Waals surface area (Å²) in [6.45, 7) is 2.61. The van der Waals surface area contributed by atoms with Crippen molar-refractivity contribution in [2.45, 2.75) is 39.2 Å². The number of aromatic nitrogens is 2. The molecule has 6 nitrogen and oxygen atoms in total. The number of carbonyl (C=O) groups is 2. The van der Waals surface area contributed by atoms with Crippen LogP contribution in [0.3, 0.4) is 0 Å². The van der Waals surface area contributed by atoms with Gasteiger partial charge in [-0.1, -0.05) is 0 Å². The van der Waals surface area contributed by atoms with Gasteiger partial charge in [0.1, 0.15) is 10.7 Å². The van der Waals surface area contributed by atoms with E-state index in [1.165, 1.54) is 11.3 Å². The van der Waals surface area contributed by atoms with E-state index < -0.39 is 5.91 Å². The van der Waals surface area contributed by atoms with Crippen molar-refractivity contribution in [1.82, 2.24) is 9.78 Å². The molecule has 7 heteroatoms. The van der Waals surface area contributed by atoms with E-state index in [-0.39, 0.29) is 5.91 Å². The van der Waals surface area contributed by atoms with Crippen LogP contribution in [0.4, 0.5) is 5.82 Å². The zero-order valence-corrected chi connectivity index (χ0v) is 13.2. The van der Waals surface area contributed by atoms with Crippen molar-refractivity contribution in [2.75, 3.05) is 5.32 Å². The number of hydrogen-bond acceptors (Lipinski definition) is 4. The van der Waals surface area contributed by atoms with Crippen LogP contribution in [0.1, 0.15) is 50.2 Å². The smallest absolute Gasteiger partial charge is 0.259 e. The number of anilines is 1. The Bertz CT molecular complexity index is 732. The predicted molar refractivity (Wildman–Crippen MR) is 85.3 cm³/mol. The second kappa shape index (κ2) is 5.92. The van der Waals surface area contributed by atoms with Gasteiger partial charge in [-0.25, -0.2) is 4.68 Å². The highest BCUT2D eigenvalue weighted by molar-refractivity contribution is 7.14. The molecular formula is C15H18N4O2S. The molecule has 22 heavy (non-hydrogen) atoms. The van der Waals surface area contributed by atoms with Gasteiger partial charge < -0.3 is 11.1 Å². The molecule has 2 aromatic rings. The van der Waals surface area contributed by atoms with Gasteiger partial charge in [0, 0.05) is 17.5 Å². The van der Waals surface area contributed by atoms with E-state index in [2.05, 4.69) is 10.4 Å². The van der Waals surface area contributed by atoms with Crippen molar-refractivity contribution in [3.63, 3.8) is 0 Å². The van der Waals surface area contributed by atoms with E-state index in [4.69, 9.17) is 5.73 Å². The highest BCUT2D eigenvalue weighted by Gasteiger charge is 2.28. The second-order valence-corrected chi connectivity index (χ2v) is 6.37. The van der Waals surface area contributed by atoms with Crippen LogP contribution in [0.5, 0.6) is 0 Å². The summed E-state index contributed by atoms with van der Waals surface area (Å²) < 4.78 is 1.70. The minimum Gasteiger partial charge on any atom is -0.365 e. The normalized spacial score (nSPS) is 13.7. The lowest BCUT2D eigenvalue weighted by atomic mass is 9.94. The number of thiophene rings is 1. The number of fused-ring (bicyclic) bond motifs is 1. The molecule has 0 atom stereocenters. The number of nitrogens with one attached hydrogen (secondary N) is 1. The Morgan fingerprint density at radius 2 is 2.18 bits per heavy atom. The molecule has 0 unspecified atom stereocenters. The van der Waals surface area contributed by atoms with Crippen LogP contribution in [0.15, 0.2) is 12.3 Å². The van der Waals surface area contributed by atoms with Crippen LogP contribution in [0, 0.1) is 0 Å². The molecule has 0 saturated heterocycles. The quantitative estimate of drug-likeness (QED) is 0.905. The number of aryl methyl sites for hydroxylation is 2. The average molecular weight is 318 g/mol. The maximum Gasteiger partial charge on any atom is 0.259 e. The summed E-state index contributed by atoms with van der Waals surface area (Å²) in [5, 5.41) is 6.98. The molecule has 3 rings (SSSR count). The summed E-state index contributed by atoms with van der Waals surface area (Å²) in [5.74, 6) is -0.185. The number of nitrogens with two attached hydrogens (primary N) is 1. The molecule has 0 aliphatic heterocycles. The molecular weight excluding hydrogens is 300 g/mol. The first-order chi connectivity index (χ1) is 10.6. The van der Waals surface area contributed by atoms with Crippen LogP contribution in [-0.2, 0) is 19.4 Å². The van der Waals surface area contributed by atoms with Crippen LogP contribution in [0.25, 0.3) is 0 Å². The van der Waals surface area contributed by atoms with E-state index in [0.717, 1.165) is 36.1 Å². The Hall–Kier alpha value is -2.15. The van der Waals surface area contributed by atoms with Gasteiger partial charge in [0.25, 0.3) is 11.8 Å². The van der Waals surface area contributed by atoms with Crippen molar-refractivity contribution < 1.29 is 9.59 Å². The molecule has 0 radical (unpaired) electrons. The molecule has 0 saturated carbocycles. The fraction of sp³-hybridized carbons (Fsp3) is 0.400. The molecule has 1 aliphatic carbocycles. The van der Waals surface area contributed by atoms with Gasteiger partial charge in [-0.3, -0.25) is 9.59 Å². The van der Waals surface area contributed by atoms with Gasteiger partial charge in [0.2, 0.25) is 0 Å². The zero-order chi connectivity index (χ0) is 15.7. The number of nitrogens with zero attached hydrogens (tertiary/aromatic N) is 2. The van der Waals surface area contributed by atoms with Crippen molar-refractivity contribution in [3.8, 4) is 0 Å². The molecule has 0 spiro atoms. The predicted octanol–water partition coefficient (Wildman–Crippen LogP) is 2.19. The van der Waals surface area contributed by atoms with Crippen LogP contribution in [-0.4, -0.2) is 21.6 Å². The molecule has 0 bridgehead atoms. The molecule has 116 valence electrons. The van der Waals surface area contributed by atoms with Crippen molar-refractivity contribution in [2.24, 2.45) is 5.73 Å². The molecule has 0 fully saturated rings. The number of rotatable bonds is 4. The molecule has 3 N–H and O–H groups in total. The van der Waals surface area contributed by atoms with Gasteiger partial charge >= 0.3 is 0 Å². The Morgan fingerprint density at radius 3 is 2.91 bits per heavy atom. The number of primary amides is 1. The maximum atomic E-state index is 12.7. The Balaban J connectivity index is 1.98. The summed E-state index contributed by atoms with van der Waals surface area (Å²) >= 11 is 1.36. The number of amides is 2. The monoisotopic (exact) mass is 318 g/mol. The lowest BCUT2D eigenvalue weighted by Gasteiger charge is -2.13. The molecule has 2 aromatic heterocycles. The van der Waals surface area contributed by atoms with Crippen molar-refractivity contribution in [1.29, 1.82) is 0 Å². The molecule has 1 aliphatic rings. The second-order valence-electron chi connectivity index (χ2n) is 5.27. The Kier molecular flexibility index (Phi) is 3.98. The largest absolute Gasteiger partial charge is 0.365 e. The minimum atomic E-state index is -0.534. The summed E-state index contributed by atoms with van der Waals surface area (Å²) in [6, 6.07) is 1.74. The average Bonchev–Trinajstić information content (AvgIpc) is 3.10. The Labute approximate surface area is 132 Å². The third kappa shape index (κ3) is 2.52. The van der Waals surface area contributed by atoms with Gasteiger partial charge in [-0.05, 0) is 38.2 Å². The third-order valence-electron chi connectivity index (χ3n) is 3.88. The lowest BCUT2D eigenvalue weighted by Crippen LogP contribution is -2.21. The summed E-state index contributed by atoms with van der Waals surface area (Å²) in [5.41, 5.74) is 6.91. The van der Waals surface area contributed by atoms with Gasteiger partial charge in [0.15, 0.2) is 0 Å². The molecule has 0 aromatic carbocycles. The SMILES string of the molecule is CCn1nccc1NC(=O)c1c(C(N)=O)sc2c1CCCC2. The van der Waals surface area contributed by atoms with Gasteiger partial charge in [-0.15, -0.1) is 11.3 Å². The van der Waals surface area contributed by atoms with Crippen LogP contribution in [0.2, 0.25) is 0 Å². The van der Waals surface area contributed by atoms with Gasteiger partial charge in [0.05, 0.1) is 11.8 Å². The zero-order valence-electron chi connectivity index (χ0n) is 12.4. The van der Waals surface area contributed by atoms with Crippen molar-refractivity contribution in [3.05, 3.63) is 33.1 Å². The lowest BCUT2D eigenvalue weighted by molar-refractivity contribution is 0.0980. The van der Waals surface area contributed by atoms with Crippen LogP contribution >= 0.6 is 11.3 Å². The maximum absolute atomic E-state index is 12.7. The first-order valence-corrected chi connectivity index (χ1v) is 8.21. The van der Waals surface area contributed by atoms with E-state index in [9.17, 15) is 9.59 Å². The number of hydrogen-bond donors (Lipinski definition) is 2. The summed E-state index contributed by atoms with van der Waals surface area (Å²) in [7, 11) is 0. The highest BCUT2D eigenvalue weighted by Crippen LogP contribution is 2.34. The first-order valence-electron chi connectivity index (χ1n) is 7.39. The first kappa shape index (κ1) is 14.8. The van der Waals surface area contributed by atoms with E-state index in [1.807, 2.05) is 6.92 Å². The van der Waals surface area contributed by atoms with E-state index >= 15 is 0 Å². The standard InChI is InChI=1S/C15H18N4O2S/c1-2-19-11(7-8-17-19)18-15(21)12-9-5-3-4-6-10(9)22-13(12)14(16)20/h7-8H,2-6H2,1H3,(H2,16,20)(H,18,21). The Morgan fingerprint density at radius 1 is 1.41 bits per heavy atom. The topological polar surface area (TPSA) is 90.0 Å². The summed E-state index contributed by atoms with van der Waals surface area (Å²) in [4.78, 5) is 25.9. The van der Waals surface area contributed by atoms with E-state index in [1.54, 1.807) is 16.9 Å². The third-order valence-corrected chi connectivity index (χ3v) is 5.19. The van der Waals surface area contributed by atoms with Crippen molar-refractivity contribution >= 4 is 29.0 Å². The molecule has 2 heterocycles. The van der Waals surface area contributed by atoms with Gasteiger partial charge in [-0.2, -0.15) is 5.10 Å². The minimum absolute atomic E-state index is 0.275. The molecule has 2 amide bonds. The number of carbonyl (C=O) groups excluding carboxylic acids is 2.